The van der Waals surface area contributed by atoms with Crippen LogP contribution < -0.4 is 5.32 Å². The summed E-state index contributed by atoms with van der Waals surface area (Å²) in [5.74, 6) is 1.33. The predicted octanol–water partition coefficient (Wildman–Crippen LogP) is 4.15. The Morgan fingerprint density at radius 1 is 1.33 bits per heavy atom. The van der Waals surface area contributed by atoms with Crippen molar-refractivity contribution >= 4 is 11.6 Å². The van der Waals surface area contributed by atoms with E-state index in [1.54, 1.807) is 0 Å². The minimum absolute atomic E-state index is 0.646. The molecule has 0 radical (unpaired) electrons. The molecule has 1 N–H and O–H groups in total. The summed E-state index contributed by atoms with van der Waals surface area (Å²) in [6, 6.07) is 8.28. The van der Waals surface area contributed by atoms with Gasteiger partial charge in [-0.05, 0) is 49.1 Å². The topological polar surface area (TPSA) is 29.9 Å². The summed E-state index contributed by atoms with van der Waals surface area (Å²) in [5, 5.41) is 8.86. The lowest BCUT2D eigenvalue weighted by atomic mass is 10.2. The molecule has 21 heavy (non-hydrogen) atoms. The van der Waals surface area contributed by atoms with Gasteiger partial charge in [-0.2, -0.15) is 5.10 Å². The van der Waals surface area contributed by atoms with Crippen LogP contribution in [0.4, 0.5) is 0 Å². The minimum Gasteiger partial charge on any atom is -0.312 e. The first kappa shape index (κ1) is 14.6. The SMILES string of the molecule is CC(C)CNCc1ccc(-n2ccc(C3CC3)n2)cc1Cl. The van der Waals surface area contributed by atoms with Gasteiger partial charge in [0.15, 0.2) is 0 Å². The van der Waals surface area contributed by atoms with E-state index in [9.17, 15) is 0 Å². The molecule has 1 aliphatic carbocycles. The van der Waals surface area contributed by atoms with Gasteiger partial charge in [0, 0.05) is 23.7 Å². The first-order chi connectivity index (χ1) is 10.1. The maximum absolute atomic E-state index is 6.40. The summed E-state index contributed by atoms with van der Waals surface area (Å²) >= 11 is 6.40. The number of rotatable bonds is 6. The zero-order valence-electron chi connectivity index (χ0n) is 12.6. The Morgan fingerprint density at radius 3 is 2.81 bits per heavy atom. The zero-order valence-corrected chi connectivity index (χ0v) is 13.4. The summed E-state index contributed by atoms with van der Waals surface area (Å²) < 4.78 is 1.92. The van der Waals surface area contributed by atoms with Gasteiger partial charge >= 0.3 is 0 Å². The molecule has 1 saturated carbocycles. The highest BCUT2D eigenvalue weighted by atomic mass is 35.5. The first-order valence-corrected chi connectivity index (χ1v) is 8.06. The number of nitrogens with zero attached hydrogens (tertiary/aromatic N) is 2. The summed E-state index contributed by atoms with van der Waals surface area (Å²) in [5.41, 5.74) is 3.36. The second-order valence-electron chi connectivity index (χ2n) is 6.26. The molecule has 0 atom stereocenters. The van der Waals surface area contributed by atoms with Crippen LogP contribution in [0, 0.1) is 5.92 Å². The molecule has 0 unspecified atom stereocenters. The average Bonchev–Trinajstić information content (AvgIpc) is 3.18. The zero-order chi connectivity index (χ0) is 14.8. The van der Waals surface area contributed by atoms with E-state index in [4.69, 9.17) is 11.6 Å². The van der Waals surface area contributed by atoms with Crippen LogP contribution in [0.25, 0.3) is 5.69 Å². The number of benzene rings is 1. The molecule has 3 rings (SSSR count). The normalized spacial score (nSPS) is 14.9. The Balaban J connectivity index is 1.70. The van der Waals surface area contributed by atoms with E-state index >= 15 is 0 Å². The van der Waals surface area contributed by atoms with E-state index < -0.39 is 0 Å². The number of hydrogen-bond donors (Lipinski definition) is 1. The Morgan fingerprint density at radius 2 is 2.14 bits per heavy atom. The van der Waals surface area contributed by atoms with Gasteiger partial charge in [0.2, 0.25) is 0 Å². The van der Waals surface area contributed by atoms with Crippen molar-refractivity contribution in [3.8, 4) is 5.69 Å². The molecular formula is C17H22ClN3. The highest BCUT2D eigenvalue weighted by Gasteiger charge is 2.25. The quantitative estimate of drug-likeness (QED) is 0.869. The number of nitrogens with one attached hydrogen (secondary N) is 1. The van der Waals surface area contributed by atoms with Gasteiger partial charge in [0.05, 0.1) is 11.4 Å². The molecule has 1 aromatic heterocycles. The molecule has 0 saturated heterocycles. The van der Waals surface area contributed by atoms with Crippen molar-refractivity contribution in [1.29, 1.82) is 0 Å². The Labute approximate surface area is 131 Å². The molecule has 0 spiro atoms. The van der Waals surface area contributed by atoms with Crippen molar-refractivity contribution in [2.75, 3.05) is 6.54 Å². The van der Waals surface area contributed by atoms with Crippen molar-refractivity contribution in [3.05, 3.63) is 46.7 Å². The Hall–Kier alpha value is -1.32. The van der Waals surface area contributed by atoms with Crippen molar-refractivity contribution < 1.29 is 0 Å². The third kappa shape index (κ3) is 3.66. The second-order valence-corrected chi connectivity index (χ2v) is 6.67. The van der Waals surface area contributed by atoms with Crippen LogP contribution in [0.1, 0.15) is 43.9 Å². The van der Waals surface area contributed by atoms with E-state index in [1.807, 2.05) is 16.9 Å². The van der Waals surface area contributed by atoms with Gasteiger partial charge in [0.1, 0.15) is 0 Å². The number of halogens is 1. The maximum Gasteiger partial charge on any atom is 0.0660 e. The van der Waals surface area contributed by atoms with Crippen LogP contribution in [0.5, 0.6) is 0 Å². The molecule has 1 heterocycles. The molecule has 3 nitrogen and oxygen atoms in total. The third-order valence-electron chi connectivity index (χ3n) is 3.77. The highest BCUT2D eigenvalue weighted by molar-refractivity contribution is 6.31. The fourth-order valence-electron chi connectivity index (χ4n) is 2.40. The van der Waals surface area contributed by atoms with Crippen molar-refractivity contribution in [1.82, 2.24) is 15.1 Å². The van der Waals surface area contributed by atoms with Gasteiger partial charge in [-0.25, -0.2) is 4.68 Å². The average molecular weight is 304 g/mol. The van der Waals surface area contributed by atoms with Gasteiger partial charge in [-0.3, -0.25) is 0 Å². The molecule has 0 bridgehead atoms. The molecule has 4 heteroatoms. The Kier molecular flexibility index (Phi) is 4.32. The van der Waals surface area contributed by atoms with Crippen molar-refractivity contribution in [2.24, 2.45) is 5.92 Å². The summed E-state index contributed by atoms with van der Waals surface area (Å²) in [7, 11) is 0. The molecule has 0 amide bonds. The van der Waals surface area contributed by atoms with E-state index in [2.05, 4.69) is 42.5 Å². The van der Waals surface area contributed by atoms with Crippen LogP contribution in [0.15, 0.2) is 30.5 Å². The monoisotopic (exact) mass is 303 g/mol. The predicted molar refractivity (Wildman–Crippen MR) is 87.1 cm³/mol. The Bertz CT molecular complexity index is 614. The van der Waals surface area contributed by atoms with E-state index in [0.29, 0.717) is 11.8 Å². The molecule has 0 aliphatic heterocycles. The maximum atomic E-state index is 6.40. The van der Waals surface area contributed by atoms with Crippen LogP contribution in [0.3, 0.4) is 0 Å². The fraction of sp³-hybridized carbons (Fsp3) is 0.471. The lowest BCUT2D eigenvalue weighted by molar-refractivity contribution is 0.552. The molecule has 1 aromatic carbocycles. The largest absolute Gasteiger partial charge is 0.312 e. The van der Waals surface area contributed by atoms with E-state index in [-0.39, 0.29) is 0 Å². The van der Waals surface area contributed by atoms with Gasteiger partial charge in [-0.15, -0.1) is 0 Å². The van der Waals surface area contributed by atoms with Crippen LogP contribution in [-0.4, -0.2) is 16.3 Å². The third-order valence-corrected chi connectivity index (χ3v) is 4.13. The molecular weight excluding hydrogens is 282 g/mol. The van der Waals surface area contributed by atoms with Gasteiger partial charge in [-0.1, -0.05) is 31.5 Å². The standard InChI is InChI=1S/C17H22ClN3/c1-12(2)10-19-11-14-5-6-15(9-16(14)18)21-8-7-17(20-21)13-3-4-13/h5-9,12-13,19H,3-4,10-11H2,1-2H3. The summed E-state index contributed by atoms with van der Waals surface area (Å²) in [6.07, 6.45) is 4.58. The van der Waals surface area contributed by atoms with Crippen molar-refractivity contribution in [3.63, 3.8) is 0 Å². The van der Waals surface area contributed by atoms with E-state index in [0.717, 1.165) is 29.4 Å². The summed E-state index contributed by atoms with van der Waals surface area (Å²) in [4.78, 5) is 0. The molecule has 1 fully saturated rings. The first-order valence-electron chi connectivity index (χ1n) is 7.68. The van der Waals surface area contributed by atoms with Crippen LogP contribution >= 0.6 is 11.6 Å². The fourth-order valence-corrected chi connectivity index (χ4v) is 2.64. The number of aromatic nitrogens is 2. The van der Waals surface area contributed by atoms with Gasteiger partial charge in [0.25, 0.3) is 0 Å². The van der Waals surface area contributed by atoms with Crippen molar-refractivity contribution in [2.45, 2.75) is 39.2 Å². The lowest BCUT2D eigenvalue weighted by Gasteiger charge is -2.10. The lowest BCUT2D eigenvalue weighted by Crippen LogP contribution is -2.19. The minimum atomic E-state index is 0.646. The van der Waals surface area contributed by atoms with Crippen LogP contribution in [-0.2, 0) is 6.54 Å². The molecule has 1 aliphatic rings. The highest BCUT2D eigenvalue weighted by Crippen LogP contribution is 2.39. The van der Waals surface area contributed by atoms with Crippen LogP contribution in [0.2, 0.25) is 5.02 Å². The summed E-state index contributed by atoms with van der Waals surface area (Å²) in [6.45, 7) is 6.21. The second kappa shape index (κ2) is 6.20. The molecule has 2 aromatic rings. The smallest absolute Gasteiger partial charge is 0.0660 e. The molecule has 112 valence electrons. The number of hydrogen-bond acceptors (Lipinski definition) is 2. The van der Waals surface area contributed by atoms with Gasteiger partial charge < -0.3 is 5.32 Å². The van der Waals surface area contributed by atoms with E-state index in [1.165, 1.54) is 18.5 Å².